The summed E-state index contributed by atoms with van der Waals surface area (Å²) in [5.41, 5.74) is 4.17. The maximum atomic E-state index is 10.9. The van der Waals surface area contributed by atoms with Gasteiger partial charge in [0.1, 0.15) is 12.3 Å². The molecule has 162 valence electrons. The van der Waals surface area contributed by atoms with Crippen molar-refractivity contribution in [2.45, 2.75) is 58.9 Å². The zero-order chi connectivity index (χ0) is 21.9. The van der Waals surface area contributed by atoms with Crippen LogP contribution >= 0.6 is 0 Å². The van der Waals surface area contributed by atoms with Gasteiger partial charge in [0.15, 0.2) is 0 Å². The van der Waals surface area contributed by atoms with Gasteiger partial charge in [-0.15, -0.1) is 0 Å². The van der Waals surface area contributed by atoms with Crippen LogP contribution in [0.15, 0.2) is 47.6 Å². The van der Waals surface area contributed by atoms with Crippen LogP contribution in [-0.4, -0.2) is 42.5 Å². The Hall–Kier alpha value is -2.33. The zero-order valence-corrected chi connectivity index (χ0v) is 19.5. The predicted octanol–water partition coefficient (Wildman–Crippen LogP) is 3.72. The van der Waals surface area contributed by atoms with Crippen LogP contribution in [0.1, 0.15) is 63.8 Å². The molecular weight excluding hydrogens is 370 g/mol. The number of hydrogen-bond donors (Lipinski definition) is 2. The Morgan fingerprint density at radius 3 is 1.97 bits per heavy atom. The monoisotopic (exact) mass is 408 g/mol. The Labute approximate surface area is 182 Å². The van der Waals surface area contributed by atoms with E-state index >= 15 is 0 Å². The summed E-state index contributed by atoms with van der Waals surface area (Å²) in [7, 11) is 0. The van der Waals surface area contributed by atoms with Gasteiger partial charge in [0, 0.05) is 16.7 Å². The van der Waals surface area contributed by atoms with Crippen molar-refractivity contribution >= 4 is 6.21 Å². The number of piperazine rings is 1. The number of hydrogen-bond acceptors (Lipinski definition) is 3. The van der Waals surface area contributed by atoms with E-state index in [4.69, 9.17) is 5.10 Å². The van der Waals surface area contributed by atoms with Crippen LogP contribution in [0, 0.1) is 0 Å². The van der Waals surface area contributed by atoms with E-state index in [0.717, 1.165) is 49.4 Å². The van der Waals surface area contributed by atoms with Gasteiger partial charge in [-0.25, -0.2) is 0 Å². The highest BCUT2D eigenvalue weighted by molar-refractivity contribution is 5.81. The Kier molecular flexibility index (Phi) is 6.56. The van der Waals surface area contributed by atoms with Gasteiger partial charge in [-0.1, -0.05) is 71.9 Å². The number of aromatic hydroxyl groups is 1. The van der Waals surface area contributed by atoms with Gasteiger partial charge in [0.25, 0.3) is 0 Å². The van der Waals surface area contributed by atoms with Crippen LogP contribution in [0.5, 0.6) is 5.75 Å². The second-order valence-electron chi connectivity index (χ2n) is 10.6. The number of benzene rings is 2. The number of quaternary nitrogens is 1. The number of phenols is 1. The third-order valence-electron chi connectivity index (χ3n) is 5.86. The van der Waals surface area contributed by atoms with Crippen molar-refractivity contribution in [2.24, 2.45) is 5.10 Å². The number of rotatable bonds is 4. The molecule has 1 aliphatic heterocycles. The largest absolute Gasteiger partial charge is 0.507 e. The van der Waals surface area contributed by atoms with Crippen LogP contribution in [-0.2, 0) is 17.4 Å². The molecule has 2 N–H and O–H groups in total. The van der Waals surface area contributed by atoms with Crippen LogP contribution < -0.4 is 4.90 Å². The summed E-state index contributed by atoms with van der Waals surface area (Å²) in [6.07, 6.45) is 1.96. The van der Waals surface area contributed by atoms with Crippen LogP contribution in [0.25, 0.3) is 0 Å². The first-order chi connectivity index (χ1) is 14.0. The lowest BCUT2D eigenvalue weighted by Crippen LogP contribution is -3.13. The lowest BCUT2D eigenvalue weighted by molar-refractivity contribution is -0.918. The molecule has 3 rings (SSSR count). The molecule has 4 heteroatoms. The van der Waals surface area contributed by atoms with Gasteiger partial charge in [-0.2, -0.15) is 5.10 Å². The van der Waals surface area contributed by atoms with Gasteiger partial charge in [-0.3, -0.25) is 5.01 Å². The molecule has 2 aromatic rings. The molecule has 1 heterocycles. The van der Waals surface area contributed by atoms with E-state index in [2.05, 4.69) is 89.0 Å². The smallest absolute Gasteiger partial charge is 0.123 e. The maximum absolute atomic E-state index is 10.9. The lowest BCUT2D eigenvalue weighted by Gasteiger charge is -2.30. The van der Waals surface area contributed by atoms with Crippen molar-refractivity contribution in [2.75, 3.05) is 26.2 Å². The van der Waals surface area contributed by atoms with Gasteiger partial charge in [0.05, 0.1) is 32.4 Å². The van der Waals surface area contributed by atoms with E-state index in [-0.39, 0.29) is 10.8 Å². The minimum atomic E-state index is -0.125. The van der Waals surface area contributed by atoms with E-state index in [1.807, 2.05) is 6.21 Å². The summed E-state index contributed by atoms with van der Waals surface area (Å²) in [5, 5.41) is 17.9. The average Bonchev–Trinajstić information content (AvgIpc) is 2.67. The highest BCUT2D eigenvalue weighted by atomic mass is 16.3. The molecule has 0 spiro atoms. The van der Waals surface area contributed by atoms with Crippen LogP contribution in [0.4, 0.5) is 0 Å². The molecule has 2 aromatic carbocycles. The number of phenolic OH excluding ortho intramolecular Hbond substituents is 1. The third kappa shape index (κ3) is 5.63. The van der Waals surface area contributed by atoms with E-state index in [0.29, 0.717) is 5.75 Å². The fourth-order valence-corrected chi connectivity index (χ4v) is 4.01. The number of hydrazone groups is 1. The summed E-state index contributed by atoms with van der Waals surface area (Å²) in [4.78, 5) is 1.61. The fourth-order valence-electron chi connectivity index (χ4n) is 4.01. The average molecular weight is 409 g/mol. The predicted molar refractivity (Wildman–Crippen MR) is 126 cm³/mol. The molecule has 0 radical (unpaired) electrons. The quantitative estimate of drug-likeness (QED) is 0.757. The van der Waals surface area contributed by atoms with E-state index in [9.17, 15) is 5.11 Å². The van der Waals surface area contributed by atoms with Crippen molar-refractivity contribution in [1.29, 1.82) is 0 Å². The van der Waals surface area contributed by atoms with Gasteiger partial charge in [-0.05, 0) is 28.5 Å². The molecule has 0 unspecified atom stereocenters. The van der Waals surface area contributed by atoms with Crippen molar-refractivity contribution in [1.82, 2.24) is 5.01 Å². The maximum Gasteiger partial charge on any atom is 0.123 e. The van der Waals surface area contributed by atoms with Crippen molar-refractivity contribution < 1.29 is 10.0 Å². The Bertz CT molecular complexity index is 832. The minimum absolute atomic E-state index is 0.125. The van der Waals surface area contributed by atoms with Gasteiger partial charge >= 0.3 is 0 Å². The zero-order valence-electron chi connectivity index (χ0n) is 19.5. The summed E-state index contributed by atoms with van der Waals surface area (Å²) < 4.78 is 0. The Morgan fingerprint density at radius 1 is 0.933 bits per heavy atom. The standard InChI is InChI=1S/C26H37N3O/c1-25(2,3)22-16-21(17-23(24(22)30)26(4,5)6)18-27-29-14-12-28(13-15-29)19-20-10-8-7-9-11-20/h7-11,16-18,30H,12-15,19H2,1-6H3/p+1/b27-18+. The van der Waals surface area contributed by atoms with Crippen LogP contribution in [0.3, 0.4) is 0 Å². The summed E-state index contributed by atoms with van der Waals surface area (Å²) in [6.45, 7) is 18.1. The molecule has 0 aromatic heterocycles. The molecule has 0 aliphatic carbocycles. The molecule has 0 atom stereocenters. The summed E-state index contributed by atoms with van der Waals surface area (Å²) >= 11 is 0. The van der Waals surface area contributed by atoms with Crippen LogP contribution in [0.2, 0.25) is 0 Å². The second kappa shape index (κ2) is 8.81. The molecule has 1 fully saturated rings. The fraction of sp³-hybridized carbons (Fsp3) is 0.500. The molecule has 30 heavy (non-hydrogen) atoms. The molecule has 0 amide bonds. The van der Waals surface area contributed by atoms with Gasteiger partial charge in [0.2, 0.25) is 0 Å². The highest BCUT2D eigenvalue weighted by Crippen LogP contribution is 2.39. The topological polar surface area (TPSA) is 40.3 Å². The summed E-state index contributed by atoms with van der Waals surface area (Å²) in [6, 6.07) is 14.9. The third-order valence-corrected chi connectivity index (χ3v) is 5.86. The van der Waals surface area contributed by atoms with E-state index in [1.165, 1.54) is 5.56 Å². The molecule has 0 bridgehead atoms. The number of nitrogens with zero attached hydrogens (tertiary/aromatic N) is 2. The minimum Gasteiger partial charge on any atom is -0.507 e. The molecular formula is C26H38N3O+. The molecule has 0 saturated carbocycles. The normalized spacial score (nSPS) is 16.4. The first kappa shape index (κ1) is 22.4. The first-order valence-electron chi connectivity index (χ1n) is 11.1. The Balaban J connectivity index is 1.70. The van der Waals surface area contributed by atoms with Gasteiger partial charge < -0.3 is 10.0 Å². The molecule has 4 nitrogen and oxygen atoms in total. The SMILES string of the molecule is CC(C)(C)c1cc(/C=N/N2CC[NH+](Cc3ccccc3)CC2)cc(C(C)(C)C)c1O. The van der Waals surface area contributed by atoms with Crippen molar-refractivity contribution in [3.8, 4) is 5.75 Å². The highest BCUT2D eigenvalue weighted by Gasteiger charge is 2.26. The summed E-state index contributed by atoms with van der Waals surface area (Å²) in [5.74, 6) is 0.422. The molecule has 1 aliphatic rings. The lowest BCUT2D eigenvalue weighted by atomic mass is 9.78. The first-order valence-corrected chi connectivity index (χ1v) is 11.1. The Morgan fingerprint density at radius 2 is 1.47 bits per heavy atom. The van der Waals surface area contributed by atoms with Crippen molar-refractivity contribution in [3.05, 3.63) is 64.7 Å². The second-order valence-corrected chi connectivity index (χ2v) is 10.6. The molecule has 1 saturated heterocycles. The van der Waals surface area contributed by atoms with E-state index in [1.54, 1.807) is 4.90 Å². The van der Waals surface area contributed by atoms with E-state index < -0.39 is 0 Å². The van der Waals surface area contributed by atoms with Crippen molar-refractivity contribution in [3.63, 3.8) is 0 Å². The number of nitrogens with one attached hydrogen (secondary N) is 1.